The number of benzene rings is 2. The van der Waals surface area contributed by atoms with Gasteiger partial charge in [-0.2, -0.15) is 0 Å². The minimum atomic E-state index is -0.197. The number of hydrogen-bond acceptors (Lipinski definition) is 2. The van der Waals surface area contributed by atoms with Crippen molar-refractivity contribution in [2.45, 2.75) is 60.3 Å². The SMILES string of the molecule is Cc1cc(C)c2ccc3c(c2c1)C(C)(C)c1nc(CC(C)(C)C)cc2ccnc-3c12. The molecule has 4 aromatic rings. The van der Waals surface area contributed by atoms with E-state index in [2.05, 4.69) is 84.9 Å². The fourth-order valence-electron chi connectivity index (χ4n) is 5.34. The molecule has 1 aliphatic carbocycles. The van der Waals surface area contributed by atoms with E-state index in [0.29, 0.717) is 0 Å². The molecule has 0 spiro atoms. The van der Waals surface area contributed by atoms with Gasteiger partial charge in [-0.05, 0) is 65.1 Å². The number of pyridine rings is 2. The minimum Gasteiger partial charge on any atom is -0.256 e. The molecule has 0 N–H and O–H groups in total. The highest BCUT2D eigenvalue weighted by Crippen LogP contribution is 2.50. The maximum absolute atomic E-state index is 5.28. The second-order valence-corrected chi connectivity index (χ2v) is 10.7. The molecule has 1 aliphatic rings. The van der Waals surface area contributed by atoms with E-state index in [0.717, 1.165) is 12.1 Å². The van der Waals surface area contributed by atoms with Crippen molar-refractivity contribution in [3.63, 3.8) is 0 Å². The zero-order valence-corrected chi connectivity index (χ0v) is 19.1. The lowest BCUT2D eigenvalue weighted by Crippen LogP contribution is -2.27. The van der Waals surface area contributed by atoms with Crippen molar-refractivity contribution in [3.05, 3.63) is 70.7 Å². The highest BCUT2D eigenvalue weighted by Gasteiger charge is 2.37. The van der Waals surface area contributed by atoms with Gasteiger partial charge in [0, 0.05) is 28.3 Å². The lowest BCUT2D eigenvalue weighted by molar-refractivity contribution is 0.405. The van der Waals surface area contributed by atoms with Gasteiger partial charge in [-0.25, -0.2) is 0 Å². The van der Waals surface area contributed by atoms with Crippen LogP contribution in [-0.4, -0.2) is 9.97 Å². The Morgan fingerprint density at radius 3 is 2.43 bits per heavy atom. The molecule has 0 unspecified atom stereocenters. The van der Waals surface area contributed by atoms with Crippen molar-refractivity contribution in [2.75, 3.05) is 0 Å². The van der Waals surface area contributed by atoms with Crippen LogP contribution < -0.4 is 0 Å². The highest BCUT2D eigenvalue weighted by molar-refractivity contribution is 6.05. The Bertz CT molecular complexity index is 1340. The molecule has 0 bridgehead atoms. The Kier molecular flexibility index (Phi) is 3.93. The molecule has 5 rings (SSSR count). The van der Waals surface area contributed by atoms with Crippen LogP contribution in [0.4, 0.5) is 0 Å². The fraction of sp³-hybridized carbons (Fsp3) is 0.357. The van der Waals surface area contributed by atoms with Crippen LogP contribution in [0, 0.1) is 19.3 Å². The Morgan fingerprint density at radius 1 is 0.933 bits per heavy atom. The van der Waals surface area contributed by atoms with E-state index in [4.69, 9.17) is 9.97 Å². The van der Waals surface area contributed by atoms with Gasteiger partial charge < -0.3 is 0 Å². The number of hydrogen-bond donors (Lipinski definition) is 0. The molecular formula is C28H30N2. The third-order valence-electron chi connectivity index (χ3n) is 6.47. The van der Waals surface area contributed by atoms with Crippen molar-refractivity contribution in [1.29, 1.82) is 0 Å². The first-order valence-corrected chi connectivity index (χ1v) is 10.9. The lowest BCUT2D eigenvalue weighted by Gasteiger charge is -2.35. The summed E-state index contributed by atoms with van der Waals surface area (Å²) in [7, 11) is 0. The van der Waals surface area contributed by atoms with Gasteiger partial charge in [0.05, 0.1) is 11.4 Å². The first kappa shape index (κ1) is 19.2. The fourth-order valence-corrected chi connectivity index (χ4v) is 5.34. The van der Waals surface area contributed by atoms with E-state index in [-0.39, 0.29) is 10.8 Å². The molecule has 0 aliphatic heterocycles. The molecule has 2 aromatic heterocycles. The first-order valence-electron chi connectivity index (χ1n) is 10.9. The van der Waals surface area contributed by atoms with Crippen LogP contribution in [0.25, 0.3) is 32.8 Å². The molecule has 0 radical (unpaired) electrons. The summed E-state index contributed by atoms with van der Waals surface area (Å²) >= 11 is 0. The predicted octanol–water partition coefficient (Wildman–Crippen LogP) is 7.29. The first-order chi connectivity index (χ1) is 14.1. The molecule has 0 saturated heterocycles. The van der Waals surface area contributed by atoms with Crippen molar-refractivity contribution >= 4 is 21.5 Å². The van der Waals surface area contributed by atoms with E-state index in [1.165, 1.54) is 55.2 Å². The molecule has 2 nitrogen and oxygen atoms in total. The normalized spacial score (nSPS) is 14.9. The van der Waals surface area contributed by atoms with Crippen molar-refractivity contribution in [2.24, 2.45) is 5.41 Å². The third kappa shape index (κ3) is 2.77. The molecule has 0 saturated carbocycles. The predicted molar refractivity (Wildman–Crippen MR) is 127 cm³/mol. The van der Waals surface area contributed by atoms with Gasteiger partial charge in [0.15, 0.2) is 0 Å². The number of aromatic nitrogens is 2. The highest BCUT2D eigenvalue weighted by atomic mass is 14.8. The van der Waals surface area contributed by atoms with Crippen LogP contribution in [0.2, 0.25) is 0 Å². The maximum atomic E-state index is 5.28. The van der Waals surface area contributed by atoms with E-state index in [9.17, 15) is 0 Å². The summed E-state index contributed by atoms with van der Waals surface area (Å²) in [6.45, 7) is 15.9. The number of rotatable bonds is 1. The van der Waals surface area contributed by atoms with Crippen LogP contribution in [0.15, 0.2) is 42.6 Å². The van der Waals surface area contributed by atoms with Crippen LogP contribution in [-0.2, 0) is 11.8 Å². The lowest BCUT2D eigenvalue weighted by atomic mass is 9.70. The summed E-state index contributed by atoms with van der Waals surface area (Å²) in [5.74, 6) is 0. The van der Waals surface area contributed by atoms with Gasteiger partial charge in [0.25, 0.3) is 0 Å². The molecular weight excluding hydrogens is 364 g/mol. The Hall–Kier alpha value is -2.74. The zero-order chi connectivity index (χ0) is 21.4. The van der Waals surface area contributed by atoms with Crippen molar-refractivity contribution < 1.29 is 0 Å². The quantitative estimate of drug-likeness (QED) is 0.338. The Balaban J connectivity index is 1.92. The molecule has 0 fully saturated rings. The summed E-state index contributed by atoms with van der Waals surface area (Å²) in [5.41, 5.74) is 8.66. The molecule has 0 atom stereocenters. The summed E-state index contributed by atoms with van der Waals surface area (Å²) in [5, 5.41) is 5.14. The Morgan fingerprint density at radius 2 is 1.70 bits per heavy atom. The molecule has 2 heteroatoms. The summed E-state index contributed by atoms with van der Waals surface area (Å²) in [6.07, 6.45) is 2.92. The van der Waals surface area contributed by atoms with Crippen molar-refractivity contribution in [1.82, 2.24) is 9.97 Å². The average Bonchev–Trinajstić information content (AvgIpc) is 2.63. The summed E-state index contributed by atoms with van der Waals surface area (Å²) < 4.78 is 0. The molecule has 0 amide bonds. The monoisotopic (exact) mass is 394 g/mol. The van der Waals surface area contributed by atoms with E-state index in [1.54, 1.807) is 0 Å². The molecule has 152 valence electrons. The molecule has 2 heterocycles. The maximum Gasteiger partial charge on any atom is 0.0802 e. The second kappa shape index (κ2) is 6.14. The van der Waals surface area contributed by atoms with Crippen molar-refractivity contribution in [3.8, 4) is 11.3 Å². The van der Waals surface area contributed by atoms with Crippen LogP contribution in [0.1, 0.15) is 62.7 Å². The minimum absolute atomic E-state index is 0.195. The molecule has 2 aromatic carbocycles. The Labute approximate surface area is 179 Å². The van der Waals surface area contributed by atoms with Gasteiger partial charge in [-0.3, -0.25) is 9.97 Å². The summed E-state index contributed by atoms with van der Waals surface area (Å²) in [4.78, 5) is 10.1. The number of nitrogens with zero attached hydrogens (tertiary/aromatic N) is 2. The van der Waals surface area contributed by atoms with E-state index >= 15 is 0 Å². The standard InChI is InChI=1S/C28H30N2/c1-16-12-17(2)20-8-9-21-24(22(20)13-16)28(6,7)26-23-18(10-11-29-25(21)23)14-19(30-26)15-27(3,4)5/h8-14H,15H2,1-7H3. The summed E-state index contributed by atoms with van der Waals surface area (Å²) in [6, 6.07) is 13.6. The average molecular weight is 395 g/mol. The third-order valence-corrected chi connectivity index (χ3v) is 6.47. The zero-order valence-electron chi connectivity index (χ0n) is 19.1. The van der Waals surface area contributed by atoms with E-state index in [1.807, 2.05) is 6.20 Å². The topological polar surface area (TPSA) is 25.8 Å². The smallest absolute Gasteiger partial charge is 0.0802 e. The van der Waals surface area contributed by atoms with Gasteiger partial charge in [-0.1, -0.05) is 64.4 Å². The number of fused-ring (bicyclic) bond motifs is 4. The van der Waals surface area contributed by atoms with Crippen LogP contribution >= 0.6 is 0 Å². The molecule has 30 heavy (non-hydrogen) atoms. The number of aryl methyl sites for hydroxylation is 2. The van der Waals surface area contributed by atoms with Gasteiger partial charge in [0.1, 0.15) is 0 Å². The van der Waals surface area contributed by atoms with Gasteiger partial charge in [0.2, 0.25) is 0 Å². The largest absolute Gasteiger partial charge is 0.256 e. The van der Waals surface area contributed by atoms with E-state index < -0.39 is 0 Å². The van der Waals surface area contributed by atoms with Crippen LogP contribution in [0.3, 0.4) is 0 Å². The van der Waals surface area contributed by atoms with Gasteiger partial charge in [-0.15, -0.1) is 0 Å². The second-order valence-electron chi connectivity index (χ2n) is 10.7. The van der Waals surface area contributed by atoms with Crippen LogP contribution in [0.5, 0.6) is 0 Å². The van der Waals surface area contributed by atoms with Gasteiger partial charge >= 0.3 is 0 Å².